The summed E-state index contributed by atoms with van der Waals surface area (Å²) in [6.07, 6.45) is 5.36. The molecular formula is C21H25NO4. The molecule has 3 aliphatic heterocycles. The number of hydrogen-bond acceptors (Lipinski definition) is 4. The van der Waals surface area contributed by atoms with Gasteiger partial charge in [0.25, 0.3) is 0 Å². The number of carbonyl (C=O) groups is 2. The standard InChI is InChI=1S/C21H25NO4/c1-3-4-12-25-20(24)17-16-10-11-21(26-16)13-22(19(23)18(17)21)14(2)15-8-6-5-7-9-15/h5-11,14,16-18H,3-4,12-13H2,1-2H3/t14-,16-,17-,18-,21+/m1/s1. The molecule has 0 aromatic heterocycles. The van der Waals surface area contributed by atoms with Gasteiger partial charge in [0.05, 0.1) is 31.2 Å². The van der Waals surface area contributed by atoms with Crippen LogP contribution in [0.1, 0.15) is 38.3 Å². The van der Waals surface area contributed by atoms with Gasteiger partial charge in [-0.25, -0.2) is 0 Å². The van der Waals surface area contributed by atoms with Crippen LogP contribution in [0.3, 0.4) is 0 Å². The number of fused-ring (bicyclic) bond motifs is 1. The third-order valence-electron chi connectivity index (χ3n) is 5.89. The van der Waals surface area contributed by atoms with E-state index >= 15 is 0 Å². The Hall–Kier alpha value is -2.14. The molecule has 2 bridgehead atoms. The third-order valence-corrected chi connectivity index (χ3v) is 5.89. The van der Waals surface area contributed by atoms with Crippen molar-refractivity contribution in [1.82, 2.24) is 4.90 Å². The zero-order valence-corrected chi connectivity index (χ0v) is 15.3. The van der Waals surface area contributed by atoms with Crippen LogP contribution in [0.5, 0.6) is 0 Å². The van der Waals surface area contributed by atoms with Gasteiger partial charge in [-0.05, 0) is 18.9 Å². The number of benzene rings is 1. The second-order valence-corrected chi connectivity index (χ2v) is 7.47. The monoisotopic (exact) mass is 355 g/mol. The van der Waals surface area contributed by atoms with Crippen LogP contribution in [-0.4, -0.2) is 41.6 Å². The van der Waals surface area contributed by atoms with Crippen LogP contribution in [0, 0.1) is 11.8 Å². The lowest BCUT2D eigenvalue weighted by Gasteiger charge is -2.27. The van der Waals surface area contributed by atoms with Crippen molar-refractivity contribution in [3.8, 4) is 0 Å². The zero-order chi connectivity index (χ0) is 18.3. The van der Waals surface area contributed by atoms with Crippen LogP contribution in [0.4, 0.5) is 0 Å². The zero-order valence-electron chi connectivity index (χ0n) is 15.3. The first kappa shape index (κ1) is 17.3. The molecule has 3 aliphatic rings. The van der Waals surface area contributed by atoms with Gasteiger partial charge in [0, 0.05) is 0 Å². The van der Waals surface area contributed by atoms with E-state index in [-0.39, 0.29) is 24.0 Å². The summed E-state index contributed by atoms with van der Waals surface area (Å²) in [6.45, 7) is 4.96. The Morgan fingerprint density at radius 3 is 2.88 bits per heavy atom. The van der Waals surface area contributed by atoms with Gasteiger partial charge in [-0.1, -0.05) is 55.8 Å². The molecule has 0 aliphatic carbocycles. The molecule has 4 rings (SSSR count). The molecule has 2 fully saturated rings. The Bertz CT molecular complexity index is 731. The minimum atomic E-state index is -0.681. The molecule has 138 valence electrons. The Labute approximate surface area is 154 Å². The van der Waals surface area contributed by atoms with E-state index in [1.165, 1.54) is 0 Å². The first-order chi connectivity index (χ1) is 12.6. The lowest BCUT2D eigenvalue weighted by molar-refractivity contribution is -0.154. The average Bonchev–Trinajstić information content (AvgIpc) is 3.30. The first-order valence-corrected chi connectivity index (χ1v) is 9.46. The first-order valence-electron chi connectivity index (χ1n) is 9.46. The summed E-state index contributed by atoms with van der Waals surface area (Å²) in [7, 11) is 0. The maximum Gasteiger partial charge on any atom is 0.312 e. The van der Waals surface area contributed by atoms with Crippen LogP contribution in [0.15, 0.2) is 42.5 Å². The molecule has 0 radical (unpaired) electrons. The lowest BCUT2D eigenvalue weighted by Crippen LogP contribution is -2.40. The highest BCUT2D eigenvalue weighted by molar-refractivity contribution is 5.91. The van der Waals surface area contributed by atoms with Crippen molar-refractivity contribution in [2.24, 2.45) is 11.8 Å². The van der Waals surface area contributed by atoms with Crippen molar-refractivity contribution in [1.29, 1.82) is 0 Å². The molecular weight excluding hydrogens is 330 g/mol. The normalized spacial score (nSPS) is 32.8. The fraction of sp³-hybridized carbons (Fsp3) is 0.524. The van der Waals surface area contributed by atoms with Gasteiger partial charge in [-0.15, -0.1) is 0 Å². The van der Waals surface area contributed by atoms with Gasteiger partial charge in [-0.2, -0.15) is 0 Å². The van der Waals surface area contributed by atoms with Crippen molar-refractivity contribution >= 4 is 11.9 Å². The highest BCUT2D eigenvalue weighted by Gasteiger charge is 2.67. The van der Waals surface area contributed by atoms with E-state index in [1.54, 1.807) is 0 Å². The highest BCUT2D eigenvalue weighted by Crippen LogP contribution is 2.53. The molecule has 0 saturated carbocycles. The number of rotatable bonds is 6. The predicted molar refractivity (Wildman–Crippen MR) is 96.2 cm³/mol. The van der Waals surface area contributed by atoms with Crippen molar-refractivity contribution < 1.29 is 19.1 Å². The minimum absolute atomic E-state index is 0.00866. The number of ether oxygens (including phenoxy) is 2. The molecule has 5 heteroatoms. The molecule has 1 amide bonds. The van der Waals surface area contributed by atoms with Crippen LogP contribution in [0.25, 0.3) is 0 Å². The molecule has 26 heavy (non-hydrogen) atoms. The van der Waals surface area contributed by atoms with E-state index in [2.05, 4.69) is 6.92 Å². The van der Waals surface area contributed by atoms with Gasteiger partial charge in [0.2, 0.25) is 5.91 Å². The fourth-order valence-corrected chi connectivity index (χ4v) is 4.45. The Morgan fingerprint density at radius 1 is 1.38 bits per heavy atom. The molecule has 3 heterocycles. The molecule has 0 unspecified atom stereocenters. The largest absolute Gasteiger partial charge is 0.465 e. The summed E-state index contributed by atoms with van der Waals surface area (Å²) in [5, 5.41) is 0. The molecule has 1 aromatic carbocycles. The van der Waals surface area contributed by atoms with Crippen LogP contribution in [-0.2, 0) is 19.1 Å². The smallest absolute Gasteiger partial charge is 0.312 e. The van der Waals surface area contributed by atoms with E-state index in [9.17, 15) is 9.59 Å². The molecule has 1 aromatic rings. The summed E-state index contributed by atoms with van der Waals surface area (Å²) in [4.78, 5) is 27.7. The summed E-state index contributed by atoms with van der Waals surface area (Å²) >= 11 is 0. The number of esters is 1. The maximum atomic E-state index is 13.2. The van der Waals surface area contributed by atoms with E-state index < -0.39 is 17.4 Å². The number of unbranched alkanes of at least 4 members (excludes halogenated alkanes) is 1. The summed E-state index contributed by atoms with van der Waals surface area (Å²) in [6, 6.07) is 9.90. The van der Waals surface area contributed by atoms with E-state index in [0.29, 0.717) is 13.2 Å². The summed E-state index contributed by atoms with van der Waals surface area (Å²) in [5.74, 6) is -1.32. The van der Waals surface area contributed by atoms with Crippen molar-refractivity contribution in [3.63, 3.8) is 0 Å². The Kier molecular flexibility index (Phi) is 4.35. The quantitative estimate of drug-likeness (QED) is 0.447. The number of likely N-dealkylation sites (tertiary alicyclic amines) is 1. The minimum Gasteiger partial charge on any atom is -0.465 e. The van der Waals surface area contributed by atoms with E-state index in [4.69, 9.17) is 9.47 Å². The van der Waals surface area contributed by atoms with E-state index in [0.717, 1.165) is 18.4 Å². The molecule has 0 N–H and O–H groups in total. The fourth-order valence-electron chi connectivity index (χ4n) is 4.45. The number of hydrogen-bond donors (Lipinski definition) is 0. The van der Waals surface area contributed by atoms with Gasteiger partial charge in [0.1, 0.15) is 11.5 Å². The summed E-state index contributed by atoms with van der Waals surface area (Å²) in [5.41, 5.74) is 0.400. The maximum absolute atomic E-state index is 13.2. The number of nitrogens with zero attached hydrogens (tertiary/aromatic N) is 1. The van der Waals surface area contributed by atoms with Crippen LogP contribution >= 0.6 is 0 Å². The number of carbonyl (C=O) groups excluding carboxylic acids is 2. The topological polar surface area (TPSA) is 55.8 Å². The molecule has 1 spiro atoms. The van der Waals surface area contributed by atoms with Gasteiger partial charge in [-0.3, -0.25) is 9.59 Å². The molecule has 5 nitrogen and oxygen atoms in total. The van der Waals surface area contributed by atoms with Crippen LogP contribution < -0.4 is 0 Å². The average molecular weight is 355 g/mol. The molecule has 2 saturated heterocycles. The lowest BCUT2D eigenvalue weighted by atomic mass is 9.77. The van der Waals surface area contributed by atoms with Gasteiger partial charge >= 0.3 is 5.97 Å². The van der Waals surface area contributed by atoms with Crippen molar-refractivity contribution in [2.45, 2.75) is 44.4 Å². The van der Waals surface area contributed by atoms with Gasteiger partial charge < -0.3 is 14.4 Å². The highest BCUT2D eigenvalue weighted by atomic mass is 16.6. The SMILES string of the molecule is CCCCOC(=O)[C@@H]1[C@H]2C=C[C@@]3(CN([C@H](C)c4ccccc4)C(=O)[C@@H]13)O2. The Morgan fingerprint density at radius 2 is 2.15 bits per heavy atom. The second kappa shape index (κ2) is 6.54. The number of amides is 1. The van der Waals surface area contributed by atoms with E-state index in [1.807, 2.05) is 54.3 Å². The summed E-state index contributed by atoms with van der Waals surface area (Å²) < 4.78 is 11.6. The predicted octanol–water partition coefficient (Wildman–Crippen LogP) is 2.87. The third kappa shape index (κ3) is 2.57. The van der Waals surface area contributed by atoms with Crippen molar-refractivity contribution in [3.05, 3.63) is 48.0 Å². The van der Waals surface area contributed by atoms with Gasteiger partial charge in [0.15, 0.2) is 0 Å². The second-order valence-electron chi connectivity index (χ2n) is 7.47. The Balaban J connectivity index is 1.56. The molecule has 5 atom stereocenters. The van der Waals surface area contributed by atoms with Crippen molar-refractivity contribution in [2.75, 3.05) is 13.2 Å². The van der Waals surface area contributed by atoms with Crippen LogP contribution in [0.2, 0.25) is 0 Å².